The van der Waals surface area contributed by atoms with Crippen molar-refractivity contribution >= 4 is 15.7 Å². The maximum atomic E-state index is 12.8. The molecule has 2 atom stereocenters. The number of benzene rings is 2. The average Bonchev–Trinajstić information content (AvgIpc) is 2.84. The van der Waals surface area contributed by atoms with Crippen LogP contribution in [-0.2, 0) is 33.0 Å². The molecule has 7 heteroatoms. The Bertz CT molecular complexity index is 1180. The Morgan fingerprint density at radius 3 is 2.43 bits per heavy atom. The predicted octanol–water partition coefficient (Wildman–Crippen LogP) is 4.69. The third kappa shape index (κ3) is 7.43. The standard InChI is InChI=1S/C30H42N2O4S/c1-30(2,3)24-11-13-26(14-12-24)37(35,36)21-25(33)19-29(34)31-28-9-7-8-23-18-22(10-15-27(23)28)20-32-16-5-4-6-17-32/h10-15,18,25,28,33H,4-9,16-17,19-21H2,1-3H3,(H,31,34)/t25-,28+/m0/s1. The summed E-state index contributed by atoms with van der Waals surface area (Å²) in [7, 11) is -3.70. The number of likely N-dealkylation sites (tertiary alicyclic amines) is 1. The van der Waals surface area contributed by atoms with Gasteiger partial charge in [-0.25, -0.2) is 8.42 Å². The molecule has 1 aliphatic carbocycles. The van der Waals surface area contributed by atoms with Gasteiger partial charge in [0.05, 0.1) is 29.2 Å². The topological polar surface area (TPSA) is 86.7 Å². The zero-order valence-electron chi connectivity index (χ0n) is 22.5. The molecule has 202 valence electrons. The Labute approximate surface area is 222 Å². The first-order chi connectivity index (χ1) is 17.5. The van der Waals surface area contributed by atoms with Crippen LogP contribution in [0.1, 0.15) is 87.6 Å². The Kier molecular flexibility index (Phi) is 8.77. The summed E-state index contributed by atoms with van der Waals surface area (Å²) in [6, 6.07) is 13.3. The van der Waals surface area contributed by atoms with Crippen LogP contribution in [0.3, 0.4) is 0 Å². The highest BCUT2D eigenvalue weighted by atomic mass is 32.2. The summed E-state index contributed by atoms with van der Waals surface area (Å²) in [6.07, 6.45) is 5.22. The number of fused-ring (bicyclic) bond motifs is 1. The van der Waals surface area contributed by atoms with E-state index in [4.69, 9.17) is 0 Å². The van der Waals surface area contributed by atoms with E-state index < -0.39 is 21.7 Å². The summed E-state index contributed by atoms with van der Waals surface area (Å²) in [4.78, 5) is 15.4. The number of carbonyl (C=O) groups excluding carboxylic acids is 1. The van der Waals surface area contributed by atoms with Gasteiger partial charge in [-0.15, -0.1) is 0 Å². The molecule has 1 fully saturated rings. The number of aryl methyl sites for hydroxylation is 1. The SMILES string of the molecule is CC(C)(C)c1ccc(S(=O)(=O)C[C@@H](O)CC(=O)N[C@@H]2CCCc3cc(CN4CCCCC4)ccc32)cc1. The maximum absolute atomic E-state index is 12.8. The van der Waals surface area contributed by atoms with Gasteiger partial charge >= 0.3 is 0 Å². The summed E-state index contributed by atoms with van der Waals surface area (Å²) < 4.78 is 25.6. The van der Waals surface area contributed by atoms with E-state index in [1.807, 2.05) is 12.1 Å². The second-order valence-corrected chi connectivity index (χ2v) is 13.8. The highest BCUT2D eigenvalue weighted by Gasteiger charge is 2.26. The molecule has 1 aliphatic heterocycles. The van der Waals surface area contributed by atoms with Crippen LogP contribution in [0, 0.1) is 0 Å². The Balaban J connectivity index is 1.33. The minimum absolute atomic E-state index is 0.0769. The van der Waals surface area contributed by atoms with E-state index in [1.54, 1.807) is 12.1 Å². The van der Waals surface area contributed by atoms with Crippen LogP contribution in [0.5, 0.6) is 0 Å². The molecular weight excluding hydrogens is 484 g/mol. The molecular formula is C30H42N2O4S. The van der Waals surface area contributed by atoms with Crippen molar-refractivity contribution in [1.82, 2.24) is 10.2 Å². The van der Waals surface area contributed by atoms with E-state index in [1.165, 1.54) is 30.4 Å². The first-order valence-electron chi connectivity index (χ1n) is 13.7. The molecule has 6 nitrogen and oxygen atoms in total. The lowest BCUT2D eigenvalue weighted by atomic mass is 9.86. The normalized spacial score (nSPS) is 19.7. The largest absolute Gasteiger partial charge is 0.392 e. The van der Waals surface area contributed by atoms with Crippen LogP contribution in [0.25, 0.3) is 0 Å². The van der Waals surface area contributed by atoms with Crippen LogP contribution in [0.15, 0.2) is 47.4 Å². The van der Waals surface area contributed by atoms with Crippen LogP contribution >= 0.6 is 0 Å². The molecule has 0 radical (unpaired) electrons. The number of amides is 1. The lowest BCUT2D eigenvalue weighted by molar-refractivity contribution is -0.123. The first kappa shape index (κ1) is 27.8. The predicted molar refractivity (Wildman–Crippen MR) is 147 cm³/mol. The third-order valence-electron chi connectivity index (χ3n) is 7.62. The fraction of sp³-hybridized carbons (Fsp3) is 0.567. The van der Waals surface area contributed by atoms with E-state index in [9.17, 15) is 18.3 Å². The molecule has 1 saturated heterocycles. The number of aliphatic hydroxyl groups excluding tert-OH is 1. The molecule has 0 aromatic heterocycles. The lowest BCUT2D eigenvalue weighted by Gasteiger charge is -2.29. The summed E-state index contributed by atoms with van der Waals surface area (Å²) >= 11 is 0. The van der Waals surface area contributed by atoms with Crippen LogP contribution in [-0.4, -0.2) is 49.3 Å². The quantitative estimate of drug-likeness (QED) is 0.521. The van der Waals surface area contributed by atoms with E-state index in [2.05, 4.69) is 49.2 Å². The van der Waals surface area contributed by atoms with Gasteiger partial charge in [-0.2, -0.15) is 0 Å². The highest BCUT2D eigenvalue weighted by molar-refractivity contribution is 7.91. The number of aliphatic hydroxyl groups is 1. The van der Waals surface area contributed by atoms with Gasteiger partial charge in [0.1, 0.15) is 0 Å². The summed E-state index contributed by atoms with van der Waals surface area (Å²) in [5, 5.41) is 13.5. The molecule has 2 aromatic carbocycles. The van der Waals surface area contributed by atoms with Gasteiger partial charge < -0.3 is 10.4 Å². The minimum Gasteiger partial charge on any atom is -0.392 e. The number of carbonyl (C=O) groups is 1. The monoisotopic (exact) mass is 526 g/mol. The van der Waals surface area contributed by atoms with Crippen molar-refractivity contribution in [3.63, 3.8) is 0 Å². The molecule has 0 saturated carbocycles. The zero-order chi connectivity index (χ0) is 26.6. The van der Waals surface area contributed by atoms with Gasteiger partial charge in [0.25, 0.3) is 0 Å². The molecule has 0 unspecified atom stereocenters. The molecule has 4 rings (SSSR count). The number of nitrogens with one attached hydrogen (secondary N) is 1. The molecule has 1 heterocycles. The van der Waals surface area contributed by atoms with Crippen molar-refractivity contribution in [3.05, 3.63) is 64.7 Å². The Morgan fingerprint density at radius 2 is 1.76 bits per heavy atom. The van der Waals surface area contributed by atoms with Crippen molar-refractivity contribution in [2.24, 2.45) is 0 Å². The van der Waals surface area contributed by atoms with Crippen LogP contribution in [0.2, 0.25) is 0 Å². The molecule has 0 bridgehead atoms. The Morgan fingerprint density at radius 1 is 1.05 bits per heavy atom. The number of piperidine rings is 1. The number of hydrogen-bond acceptors (Lipinski definition) is 5. The molecule has 1 amide bonds. The van der Waals surface area contributed by atoms with Gasteiger partial charge in [0.2, 0.25) is 5.91 Å². The molecule has 2 aliphatic rings. The van der Waals surface area contributed by atoms with Gasteiger partial charge in [-0.1, -0.05) is 57.5 Å². The van der Waals surface area contributed by atoms with Crippen LogP contribution < -0.4 is 5.32 Å². The number of hydrogen-bond donors (Lipinski definition) is 2. The van der Waals surface area contributed by atoms with Gasteiger partial charge in [0.15, 0.2) is 9.84 Å². The lowest BCUT2D eigenvalue weighted by Crippen LogP contribution is -2.35. The average molecular weight is 527 g/mol. The highest BCUT2D eigenvalue weighted by Crippen LogP contribution is 2.31. The molecule has 2 N–H and O–H groups in total. The fourth-order valence-electron chi connectivity index (χ4n) is 5.53. The van der Waals surface area contributed by atoms with Crippen molar-refractivity contribution < 1.29 is 18.3 Å². The van der Waals surface area contributed by atoms with Crippen molar-refractivity contribution in [1.29, 1.82) is 0 Å². The number of sulfone groups is 1. The van der Waals surface area contributed by atoms with Gasteiger partial charge in [0, 0.05) is 6.54 Å². The smallest absolute Gasteiger partial charge is 0.223 e. The summed E-state index contributed by atoms with van der Waals surface area (Å²) in [5.74, 6) is -0.794. The first-order valence-corrected chi connectivity index (χ1v) is 15.3. The summed E-state index contributed by atoms with van der Waals surface area (Å²) in [5.41, 5.74) is 4.71. The van der Waals surface area contributed by atoms with Crippen LogP contribution in [0.4, 0.5) is 0 Å². The molecule has 2 aromatic rings. The number of nitrogens with zero attached hydrogens (tertiary/aromatic N) is 1. The number of rotatable bonds is 8. The van der Waals surface area contributed by atoms with E-state index in [0.717, 1.165) is 50.0 Å². The second-order valence-electron chi connectivity index (χ2n) is 11.8. The zero-order valence-corrected chi connectivity index (χ0v) is 23.3. The second kappa shape index (κ2) is 11.7. The minimum atomic E-state index is -3.70. The van der Waals surface area contributed by atoms with Crippen molar-refractivity contribution in [2.75, 3.05) is 18.8 Å². The maximum Gasteiger partial charge on any atom is 0.223 e. The van der Waals surface area contributed by atoms with Crippen molar-refractivity contribution in [3.8, 4) is 0 Å². The Hall–Kier alpha value is -2.22. The molecule has 0 spiro atoms. The van der Waals surface area contributed by atoms with Gasteiger partial charge in [-0.05, 0) is 85.0 Å². The third-order valence-corrected chi connectivity index (χ3v) is 9.44. The van der Waals surface area contributed by atoms with E-state index in [-0.39, 0.29) is 28.7 Å². The fourth-order valence-corrected chi connectivity index (χ4v) is 6.90. The van der Waals surface area contributed by atoms with Gasteiger partial charge in [-0.3, -0.25) is 9.69 Å². The van der Waals surface area contributed by atoms with Crippen molar-refractivity contribution in [2.45, 2.75) is 94.7 Å². The van der Waals surface area contributed by atoms with E-state index in [0.29, 0.717) is 0 Å². The van der Waals surface area contributed by atoms with E-state index >= 15 is 0 Å². The molecule has 37 heavy (non-hydrogen) atoms. The summed E-state index contributed by atoms with van der Waals surface area (Å²) in [6.45, 7) is 9.50.